The number of fused-ring (bicyclic) bond motifs is 4. The van der Waals surface area contributed by atoms with Gasteiger partial charge in [-0.3, -0.25) is 9.59 Å². The minimum absolute atomic E-state index is 0.128. The average molecular weight is 331 g/mol. The molecular formula is C18H21NO5. The molecule has 5 rings (SSSR count). The van der Waals surface area contributed by atoms with E-state index in [9.17, 15) is 14.7 Å². The molecule has 2 N–H and O–H groups in total. The van der Waals surface area contributed by atoms with Gasteiger partial charge in [0.2, 0.25) is 5.91 Å². The third-order valence-corrected chi connectivity index (χ3v) is 5.62. The summed E-state index contributed by atoms with van der Waals surface area (Å²) < 4.78 is 11.0. The third kappa shape index (κ3) is 2.60. The van der Waals surface area contributed by atoms with Crippen LogP contribution < -0.4 is 14.8 Å². The second-order valence-corrected chi connectivity index (χ2v) is 6.91. The number of carboxylic acids is 1. The van der Waals surface area contributed by atoms with Crippen molar-refractivity contribution in [2.45, 2.75) is 25.7 Å². The van der Waals surface area contributed by atoms with E-state index in [0.717, 1.165) is 25.7 Å². The second-order valence-electron chi connectivity index (χ2n) is 6.91. The van der Waals surface area contributed by atoms with E-state index in [1.165, 1.54) is 0 Å². The number of carbonyl (C=O) groups excluding carboxylic acids is 1. The maximum absolute atomic E-state index is 12.8. The summed E-state index contributed by atoms with van der Waals surface area (Å²) in [5.41, 5.74) is 0.620. The molecule has 0 radical (unpaired) electrons. The van der Waals surface area contributed by atoms with E-state index in [2.05, 4.69) is 5.32 Å². The number of carbonyl (C=O) groups is 2. The molecule has 1 aliphatic heterocycles. The number of rotatable bonds is 3. The average Bonchev–Trinajstić information content (AvgIpc) is 2.61. The highest BCUT2D eigenvalue weighted by Crippen LogP contribution is 2.49. The first-order valence-corrected chi connectivity index (χ1v) is 8.57. The molecule has 0 saturated heterocycles. The minimum atomic E-state index is -0.841. The van der Waals surface area contributed by atoms with Gasteiger partial charge in [-0.25, -0.2) is 0 Å². The summed E-state index contributed by atoms with van der Waals surface area (Å²) in [5.74, 6) is -0.451. The molecule has 4 aliphatic rings. The van der Waals surface area contributed by atoms with E-state index in [0.29, 0.717) is 30.4 Å². The molecule has 3 fully saturated rings. The van der Waals surface area contributed by atoms with Crippen LogP contribution in [0.15, 0.2) is 18.2 Å². The van der Waals surface area contributed by atoms with Crippen molar-refractivity contribution in [3.63, 3.8) is 0 Å². The molecule has 3 saturated carbocycles. The standard InChI is InChI=1S/C18H21NO5/c20-17(15-10-1-3-11(4-2-10)16(15)18(21)22)19-12-5-6-13-14(9-12)24-8-7-23-13/h5-6,9-11,15-16H,1-4,7-8H2,(H,19,20)(H,21,22)/t10?,11?,15-,16+/m1/s1. The van der Waals surface area contributed by atoms with Gasteiger partial charge < -0.3 is 19.9 Å². The Hall–Kier alpha value is -2.24. The second kappa shape index (κ2) is 6.00. The lowest BCUT2D eigenvalue weighted by Crippen LogP contribution is -2.49. The van der Waals surface area contributed by atoms with Crippen LogP contribution in [-0.2, 0) is 9.59 Å². The number of carboxylic acid groups (broad SMARTS) is 1. The summed E-state index contributed by atoms with van der Waals surface area (Å²) in [7, 11) is 0. The highest BCUT2D eigenvalue weighted by molar-refractivity contribution is 5.96. The molecule has 0 aromatic heterocycles. The molecule has 0 unspecified atom stereocenters. The highest BCUT2D eigenvalue weighted by atomic mass is 16.6. The van der Waals surface area contributed by atoms with Gasteiger partial charge in [0.15, 0.2) is 11.5 Å². The Kier molecular flexibility index (Phi) is 3.82. The van der Waals surface area contributed by atoms with Gasteiger partial charge in [0.25, 0.3) is 0 Å². The molecule has 6 nitrogen and oxygen atoms in total. The van der Waals surface area contributed by atoms with Crippen LogP contribution in [-0.4, -0.2) is 30.2 Å². The number of benzene rings is 1. The van der Waals surface area contributed by atoms with Crippen molar-refractivity contribution in [3.8, 4) is 11.5 Å². The van der Waals surface area contributed by atoms with Crippen molar-refractivity contribution in [1.29, 1.82) is 0 Å². The number of ether oxygens (including phenoxy) is 2. The molecule has 0 spiro atoms. The van der Waals surface area contributed by atoms with Gasteiger partial charge in [-0.15, -0.1) is 0 Å². The number of hydrogen-bond acceptors (Lipinski definition) is 4. The van der Waals surface area contributed by atoms with Gasteiger partial charge in [0.05, 0.1) is 11.8 Å². The first kappa shape index (κ1) is 15.3. The van der Waals surface area contributed by atoms with Crippen molar-refractivity contribution in [2.75, 3.05) is 18.5 Å². The van der Waals surface area contributed by atoms with E-state index in [1.807, 2.05) is 0 Å². The highest BCUT2D eigenvalue weighted by Gasteiger charge is 2.50. The summed E-state index contributed by atoms with van der Waals surface area (Å²) in [6.45, 7) is 1.00. The van der Waals surface area contributed by atoms with Gasteiger partial charge in [0, 0.05) is 11.8 Å². The summed E-state index contributed by atoms with van der Waals surface area (Å²) in [5, 5.41) is 12.5. The van der Waals surface area contributed by atoms with Gasteiger partial charge >= 0.3 is 5.97 Å². The minimum Gasteiger partial charge on any atom is -0.486 e. The fourth-order valence-electron chi connectivity index (χ4n) is 4.53. The van der Waals surface area contributed by atoms with E-state index in [-0.39, 0.29) is 17.7 Å². The zero-order chi connectivity index (χ0) is 16.7. The number of amides is 1. The van der Waals surface area contributed by atoms with Crippen LogP contribution >= 0.6 is 0 Å². The van der Waals surface area contributed by atoms with Crippen molar-refractivity contribution >= 4 is 17.6 Å². The summed E-state index contributed by atoms with van der Waals surface area (Å²) in [4.78, 5) is 24.5. The Morgan fingerprint density at radius 3 is 2.25 bits per heavy atom. The molecule has 1 aromatic rings. The SMILES string of the molecule is O=C(Nc1ccc2c(c1)OCCO2)[C@@H]1C2CCC(CC2)[C@@H]1C(=O)O. The van der Waals surface area contributed by atoms with Crippen LogP contribution in [0.4, 0.5) is 5.69 Å². The van der Waals surface area contributed by atoms with Crippen molar-refractivity contribution < 1.29 is 24.2 Å². The molecule has 128 valence electrons. The quantitative estimate of drug-likeness (QED) is 0.889. The molecule has 2 atom stereocenters. The molecule has 1 amide bonds. The summed E-state index contributed by atoms with van der Waals surface area (Å²) >= 11 is 0. The molecular weight excluding hydrogens is 310 g/mol. The number of anilines is 1. The van der Waals surface area contributed by atoms with Gasteiger partial charge in [-0.1, -0.05) is 0 Å². The Balaban J connectivity index is 1.54. The van der Waals surface area contributed by atoms with E-state index >= 15 is 0 Å². The number of hydrogen-bond donors (Lipinski definition) is 2. The van der Waals surface area contributed by atoms with Crippen molar-refractivity contribution in [3.05, 3.63) is 18.2 Å². The predicted molar refractivity (Wildman–Crippen MR) is 86.1 cm³/mol. The Morgan fingerprint density at radius 2 is 1.58 bits per heavy atom. The first-order chi connectivity index (χ1) is 11.6. The first-order valence-electron chi connectivity index (χ1n) is 8.57. The van der Waals surface area contributed by atoms with Crippen molar-refractivity contribution in [1.82, 2.24) is 0 Å². The monoisotopic (exact) mass is 331 g/mol. The molecule has 24 heavy (non-hydrogen) atoms. The van der Waals surface area contributed by atoms with Crippen LogP contribution in [0.2, 0.25) is 0 Å². The van der Waals surface area contributed by atoms with E-state index < -0.39 is 17.8 Å². The normalized spacial score (nSPS) is 30.7. The third-order valence-electron chi connectivity index (χ3n) is 5.62. The lowest BCUT2D eigenvalue weighted by Gasteiger charge is -2.45. The fourth-order valence-corrected chi connectivity index (χ4v) is 4.53. The molecule has 1 heterocycles. The van der Waals surface area contributed by atoms with Gasteiger partial charge in [-0.2, -0.15) is 0 Å². The fraction of sp³-hybridized carbons (Fsp3) is 0.556. The van der Waals surface area contributed by atoms with Crippen LogP contribution in [0.3, 0.4) is 0 Å². The smallest absolute Gasteiger partial charge is 0.307 e. The van der Waals surface area contributed by atoms with E-state index in [4.69, 9.17) is 9.47 Å². The van der Waals surface area contributed by atoms with Crippen LogP contribution in [0.5, 0.6) is 11.5 Å². The van der Waals surface area contributed by atoms with Gasteiger partial charge in [0.1, 0.15) is 13.2 Å². The van der Waals surface area contributed by atoms with Crippen LogP contribution in [0.1, 0.15) is 25.7 Å². The maximum Gasteiger partial charge on any atom is 0.307 e. The summed E-state index contributed by atoms with van der Waals surface area (Å²) in [6.07, 6.45) is 3.76. The molecule has 2 bridgehead atoms. The zero-order valence-electron chi connectivity index (χ0n) is 13.4. The molecule has 1 aromatic carbocycles. The number of nitrogens with one attached hydrogen (secondary N) is 1. The largest absolute Gasteiger partial charge is 0.486 e. The van der Waals surface area contributed by atoms with Gasteiger partial charge in [-0.05, 0) is 49.7 Å². The van der Waals surface area contributed by atoms with E-state index in [1.54, 1.807) is 18.2 Å². The van der Waals surface area contributed by atoms with Crippen LogP contribution in [0, 0.1) is 23.7 Å². The molecule has 6 heteroatoms. The van der Waals surface area contributed by atoms with Crippen molar-refractivity contribution in [2.24, 2.45) is 23.7 Å². The Labute approximate surface area is 140 Å². The van der Waals surface area contributed by atoms with Crippen LogP contribution in [0.25, 0.3) is 0 Å². The predicted octanol–water partition coefficient (Wildman–Crippen LogP) is 2.53. The Bertz CT molecular complexity index is 665. The summed E-state index contributed by atoms with van der Waals surface area (Å²) in [6, 6.07) is 5.28. The molecule has 3 aliphatic carbocycles. The maximum atomic E-state index is 12.8. The lowest BCUT2D eigenvalue weighted by molar-refractivity contribution is -0.156. The Morgan fingerprint density at radius 1 is 0.958 bits per heavy atom. The number of aliphatic carboxylic acids is 1. The lowest BCUT2D eigenvalue weighted by atomic mass is 9.58. The zero-order valence-corrected chi connectivity index (χ0v) is 13.4. The topological polar surface area (TPSA) is 84.9 Å².